The molecule has 0 heterocycles. The maximum absolute atomic E-state index is 5.80. The second kappa shape index (κ2) is 7.01. The summed E-state index contributed by atoms with van der Waals surface area (Å²) < 4.78 is 5.80. The van der Waals surface area contributed by atoms with Gasteiger partial charge in [0.15, 0.2) is 0 Å². The normalized spacial score (nSPS) is 15.7. The summed E-state index contributed by atoms with van der Waals surface area (Å²) in [6.45, 7) is 0. The summed E-state index contributed by atoms with van der Waals surface area (Å²) in [5.41, 5.74) is 1.31. The molecule has 0 spiro atoms. The molecule has 3 rings (SSSR count). The summed E-state index contributed by atoms with van der Waals surface area (Å²) in [6, 6.07) is 19.4. The molecule has 3 heteroatoms. The lowest BCUT2D eigenvalue weighted by Gasteiger charge is -2.17. The average Bonchev–Trinajstić information content (AvgIpc) is 3.34. The summed E-state index contributed by atoms with van der Waals surface area (Å²) in [6.07, 6.45) is 2.87. The first-order chi connectivity index (χ1) is 10.3. The van der Waals surface area contributed by atoms with Crippen molar-refractivity contribution in [1.82, 2.24) is 5.32 Å². The average molecular weight is 299 g/mol. The third-order valence-corrected chi connectivity index (χ3v) is 4.72. The van der Waals surface area contributed by atoms with Gasteiger partial charge in [0.25, 0.3) is 0 Å². The van der Waals surface area contributed by atoms with Crippen molar-refractivity contribution in [2.75, 3.05) is 12.8 Å². The summed E-state index contributed by atoms with van der Waals surface area (Å²) in [5, 5.41) is 3.40. The molecule has 1 aliphatic carbocycles. The summed E-state index contributed by atoms with van der Waals surface area (Å²) in [4.78, 5) is 1.31. The lowest BCUT2D eigenvalue weighted by molar-refractivity contribution is 0.303. The van der Waals surface area contributed by atoms with E-state index < -0.39 is 0 Å². The van der Waals surface area contributed by atoms with Crippen LogP contribution in [0.2, 0.25) is 0 Å². The highest BCUT2D eigenvalue weighted by Crippen LogP contribution is 2.29. The number of hydrogen-bond acceptors (Lipinski definition) is 3. The monoisotopic (exact) mass is 299 g/mol. The van der Waals surface area contributed by atoms with Crippen LogP contribution in [0.4, 0.5) is 0 Å². The molecule has 1 saturated carbocycles. The van der Waals surface area contributed by atoms with E-state index in [1.807, 2.05) is 18.8 Å². The second-order valence-corrected chi connectivity index (χ2v) is 6.44. The number of nitrogens with one attached hydrogen (secondary N) is 1. The fourth-order valence-electron chi connectivity index (χ4n) is 2.20. The topological polar surface area (TPSA) is 21.3 Å². The molecule has 1 fully saturated rings. The zero-order chi connectivity index (χ0) is 14.5. The van der Waals surface area contributed by atoms with Crippen molar-refractivity contribution in [2.24, 2.45) is 0 Å². The molecule has 1 N–H and O–H groups in total. The van der Waals surface area contributed by atoms with Crippen molar-refractivity contribution in [3.05, 3.63) is 60.2 Å². The quantitative estimate of drug-likeness (QED) is 0.771. The van der Waals surface area contributed by atoms with E-state index in [1.54, 1.807) is 0 Å². The third kappa shape index (κ3) is 4.26. The Hall–Kier alpha value is -1.45. The fraction of sp³-hybridized carbons (Fsp3) is 0.333. The molecule has 2 nitrogen and oxygen atoms in total. The number of hydrogen-bond donors (Lipinski definition) is 1. The summed E-state index contributed by atoms with van der Waals surface area (Å²) in [7, 11) is 2.02. The van der Waals surface area contributed by atoms with Crippen molar-refractivity contribution < 1.29 is 4.74 Å². The highest BCUT2D eigenvalue weighted by atomic mass is 32.2. The van der Waals surface area contributed by atoms with E-state index in [1.165, 1.54) is 23.3 Å². The van der Waals surface area contributed by atoms with Gasteiger partial charge in [-0.2, -0.15) is 0 Å². The first kappa shape index (κ1) is 14.5. The minimum atomic E-state index is 0.352. The Morgan fingerprint density at radius 2 is 1.81 bits per heavy atom. The lowest BCUT2D eigenvalue weighted by Crippen LogP contribution is -2.18. The third-order valence-electron chi connectivity index (χ3n) is 3.62. The van der Waals surface area contributed by atoms with Crippen LogP contribution < -0.4 is 10.1 Å². The van der Waals surface area contributed by atoms with Gasteiger partial charge in [-0.05, 0) is 49.7 Å². The van der Waals surface area contributed by atoms with Crippen LogP contribution in [-0.4, -0.2) is 18.9 Å². The van der Waals surface area contributed by atoms with Gasteiger partial charge in [-0.1, -0.05) is 30.3 Å². The Balaban J connectivity index is 1.59. The minimum absolute atomic E-state index is 0.352. The second-order valence-electron chi connectivity index (χ2n) is 5.35. The van der Waals surface area contributed by atoms with Gasteiger partial charge in [-0.25, -0.2) is 0 Å². The first-order valence-corrected chi connectivity index (χ1v) is 8.45. The number of ether oxygens (including phenoxy) is 1. The van der Waals surface area contributed by atoms with Gasteiger partial charge in [-0.3, -0.25) is 0 Å². The van der Waals surface area contributed by atoms with Gasteiger partial charge in [0, 0.05) is 16.7 Å². The van der Waals surface area contributed by atoms with E-state index in [9.17, 15) is 0 Å². The van der Waals surface area contributed by atoms with Crippen molar-refractivity contribution in [2.45, 2.75) is 29.9 Å². The molecule has 2 aromatic rings. The van der Waals surface area contributed by atoms with Crippen molar-refractivity contribution in [3.63, 3.8) is 0 Å². The van der Waals surface area contributed by atoms with Crippen molar-refractivity contribution in [3.8, 4) is 5.75 Å². The molecule has 21 heavy (non-hydrogen) atoms. The van der Waals surface area contributed by atoms with E-state index in [2.05, 4.69) is 59.9 Å². The van der Waals surface area contributed by atoms with E-state index in [4.69, 9.17) is 4.74 Å². The molecule has 0 saturated heterocycles. The van der Waals surface area contributed by atoms with E-state index in [-0.39, 0.29) is 0 Å². The fourth-order valence-corrected chi connectivity index (χ4v) is 3.27. The molecule has 110 valence electrons. The molecule has 0 amide bonds. The summed E-state index contributed by atoms with van der Waals surface area (Å²) >= 11 is 1.88. The molecule has 0 radical (unpaired) electrons. The first-order valence-electron chi connectivity index (χ1n) is 7.47. The van der Waals surface area contributed by atoms with Crippen molar-refractivity contribution >= 4 is 11.8 Å². The van der Waals surface area contributed by atoms with Crippen LogP contribution in [0, 0.1) is 0 Å². The van der Waals surface area contributed by atoms with Gasteiger partial charge in [-0.15, -0.1) is 11.8 Å². The molecular weight excluding hydrogens is 278 g/mol. The number of rotatable bonds is 7. The molecule has 0 bridgehead atoms. The predicted octanol–water partition coefficient (Wildman–Crippen LogP) is 4.28. The molecular formula is C18H21NOS. The van der Waals surface area contributed by atoms with E-state index in [0.717, 1.165) is 11.5 Å². The Kier molecular flexibility index (Phi) is 4.84. The lowest BCUT2D eigenvalue weighted by atomic mass is 10.1. The van der Waals surface area contributed by atoms with Gasteiger partial charge in [0.2, 0.25) is 0 Å². The van der Waals surface area contributed by atoms with Crippen LogP contribution in [0.5, 0.6) is 5.75 Å². The zero-order valence-electron chi connectivity index (χ0n) is 12.3. The van der Waals surface area contributed by atoms with Gasteiger partial charge < -0.3 is 10.1 Å². The number of thioether (sulfide) groups is 1. The molecule has 1 atom stereocenters. The van der Waals surface area contributed by atoms with Gasteiger partial charge in [0.05, 0.1) is 6.10 Å². The zero-order valence-corrected chi connectivity index (χ0v) is 13.1. The Morgan fingerprint density at radius 1 is 1.10 bits per heavy atom. The van der Waals surface area contributed by atoms with E-state index >= 15 is 0 Å². The largest absolute Gasteiger partial charge is 0.490 e. The smallest absolute Gasteiger partial charge is 0.119 e. The van der Waals surface area contributed by atoms with Crippen molar-refractivity contribution in [1.29, 1.82) is 0 Å². The number of benzene rings is 2. The molecule has 1 unspecified atom stereocenters. The van der Waals surface area contributed by atoms with Gasteiger partial charge >= 0.3 is 0 Å². The SMILES string of the molecule is CNC(CSc1ccccc1)c1ccc(OC2CC2)cc1. The van der Waals surface area contributed by atoms with Crippen LogP contribution in [-0.2, 0) is 0 Å². The maximum Gasteiger partial charge on any atom is 0.119 e. The molecule has 0 aromatic heterocycles. The Morgan fingerprint density at radius 3 is 2.43 bits per heavy atom. The van der Waals surface area contributed by atoms with Gasteiger partial charge in [0.1, 0.15) is 5.75 Å². The molecule has 1 aliphatic rings. The Labute approximate surface area is 130 Å². The van der Waals surface area contributed by atoms with Crippen LogP contribution >= 0.6 is 11.8 Å². The predicted molar refractivity (Wildman–Crippen MR) is 89.1 cm³/mol. The minimum Gasteiger partial charge on any atom is -0.490 e. The van der Waals surface area contributed by atoms with Crippen LogP contribution in [0.1, 0.15) is 24.4 Å². The van der Waals surface area contributed by atoms with E-state index in [0.29, 0.717) is 12.1 Å². The van der Waals surface area contributed by atoms with Crippen LogP contribution in [0.15, 0.2) is 59.5 Å². The standard InChI is InChI=1S/C18H21NOS/c1-19-18(13-21-17-5-3-2-4-6-17)14-7-9-15(10-8-14)20-16-11-12-16/h2-10,16,18-19H,11-13H2,1H3. The molecule has 0 aliphatic heterocycles. The summed E-state index contributed by atoms with van der Waals surface area (Å²) in [5.74, 6) is 2.01. The van der Waals surface area contributed by atoms with Crippen LogP contribution in [0.25, 0.3) is 0 Å². The van der Waals surface area contributed by atoms with Crippen LogP contribution in [0.3, 0.4) is 0 Å². The highest BCUT2D eigenvalue weighted by molar-refractivity contribution is 7.99. The highest BCUT2D eigenvalue weighted by Gasteiger charge is 2.23. The Bertz CT molecular complexity index is 551. The molecule has 2 aromatic carbocycles. The maximum atomic E-state index is 5.80.